The Hall–Kier alpha value is -1.47. The number of aliphatic hydroxyl groups excluding tert-OH is 1. The minimum absolute atomic E-state index is 0. The van der Waals surface area contributed by atoms with E-state index in [1.54, 1.807) is 24.4 Å². The molecule has 0 radical (unpaired) electrons. The lowest BCUT2D eigenvalue weighted by atomic mass is 10.1. The lowest BCUT2D eigenvalue weighted by Gasteiger charge is -2.14. The quantitative estimate of drug-likeness (QED) is 0.668. The summed E-state index contributed by atoms with van der Waals surface area (Å²) in [6.07, 6.45) is 1.41. The summed E-state index contributed by atoms with van der Waals surface area (Å²) in [6, 6.07) is 6.64. The first-order valence-corrected chi connectivity index (χ1v) is 7.12. The molecule has 0 spiro atoms. The fraction of sp³-hybridized carbons (Fsp3) is 0.400. The van der Waals surface area contributed by atoms with Gasteiger partial charge in [0.1, 0.15) is 5.82 Å². The Bertz CT molecular complexity index is 607. The van der Waals surface area contributed by atoms with Crippen LogP contribution in [0.2, 0.25) is 0 Å². The molecule has 1 aliphatic rings. The van der Waals surface area contributed by atoms with Crippen LogP contribution in [-0.2, 0) is 6.54 Å². The standard InChI is InChI=1S/C15H19FN4O.ClH/c16-13-4-2-1-3-12(13)15-11(8-19-20-15)7-17-5-10-6-18-9-14(10)21;/h1-4,8,10,14,17-18,21H,5-7,9H2,(H,19,20);1H. The Kier molecular flexibility index (Phi) is 5.90. The zero-order valence-corrected chi connectivity index (χ0v) is 12.9. The molecule has 2 heterocycles. The second kappa shape index (κ2) is 7.69. The minimum atomic E-state index is -0.298. The van der Waals surface area contributed by atoms with Crippen LogP contribution >= 0.6 is 12.4 Å². The van der Waals surface area contributed by atoms with Crippen LogP contribution < -0.4 is 10.6 Å². The molecule has 0 bridgehead atoms. The number of hydrogen-bond donors (Lipinski definition) is 4. The van der Waals surface area contributed by atoms with Gasteiger partial charge in [0.05, 0.1) is 18.0 Å². The molecule has 0 saturated carbocycles. The molecule has 1 aliphatic heterocycles. The summed E-state index contributed by atoms with van der Waals surface area (Å²) in [6.45, 7) is 2.78. The SMILES string of the molecule is Cl.OC1CNCC1CNCc1cn[nH]c1-c1ccccc1F. The van der Waals surface area contributed by atoms with E-state index in [1.165, 1.54) is 6.07 Å². The van der Waals surface area contributed by atoms with Gasteiger partial charge in [0, 0.05) is 43.2 Å². The fourth-order valence-corrected chi connectivity index (χ4v) is 2.66. The molecule has 22 heavy (non-hydrogen) atoms. The summed E-state index contributed by atoms with van der Waals surface area (Å²) in [5.41, 5.74) is 2.14. The van der Waals surface area contributed by atoms with Gasteiger partial charge in [-0.05, 0) is 12.1 Å². The number of nitrogens with zero attached hydrogens (tertiary/aromatic N) is 1. The number of aromatic amines is 1. The van der Waals surface area contributed by atoms with Crippen molar-refractivity contribution in [2.75, 3.05) is 19.6 Å². The van der Waals surface area contributed by atoms with Crippen LogP contribution in [-0.4, -0.2) is 41.0 Å². The van der Waals surface area contributed by atoms with Crippen LogP contribution in [0.5, 0.6) is 0 Å². The van der Waals surface area contributed by atoms with Crippen LogP contribution in [0.1, 0.15) is 5.56 Å². The topological polar surface area (TPSA) is 73.0 Å². The molecule has 2 unspecified atom stereocenters. The van der Waals surface area contributed by atoms with Gasteiger partial charge in [0.25, 0.3) is 0 Å². The summed E-state index contributed by atoms with van der Waals surface area (Å²) in [5.74, 6) is -0.0489. The normalized spacial score (nSPS) is 20.8. The van der Waals surface area contributed by atoms with Gasteiger partial charge in [-0.2, -0.15) is 5.10 Å². The Morgan fingerprint density at radius 3 is 2.86 bits per heavy atom. The van der Waals surface area contributed by atoms with Gasteiger partial charge in [-0.15, -0.1) is 12.4 Å². The molecule has 2 aromatic rings. The largest absolute Gasteiger partial charge is 0.391 e. The highest BCUT2D eigenvalue weighted by Gasteiger charge is 2.24. The lowest BCUT2D eigenvalue weighted by Crippen LogP contribution is -2.30. The van der Waals surface area contributed by atoms with E-state index in [9.17, 15) is 9.50 Å². The highest BCUT2D eigenvalue weighted by atomic mass is 35.5. The molecular formula is C15H20ClFN4O. The average molecular weight is 327 g/mol. The van der Waals surface area contributed by atoms with Gasteiger partial charge in [-0.1, -0.05) is 12.1 Å². The summed E-state index contributed by atoms with van der Waals surface area (Å²) < 4.78 is 13.8. The first-order chi connectivity index (χ1) is 10.3. The Morgan fingerprint density at radius 1 is 1.32 bits per heavy atom. The van der Waals surface area contributed by atoms with Gasteiger partial charge >= 0.3 is 0 Å². The predicted octanol–water partition coefficient (Wildman–Crippen LogP) is 1.31. The van der Waals surface area contributed by atoms with E-state index in [0.29, 0.717) is 24.3 Å². The number of β-amino-alcohol motifs (C(OH)–C–C–N with tert-alkyl or cyclic N) is 1. The van der Waals surface area contributed by atoms with E-state index in [2.05, 4.69) is 20.8 Å². The second-order valence-electron chi connectivity index (χ2n) is 5.37. The number of aliphatic hydroxyl groups is 1. The zero-order valence-electron chi connectivity index (χ0n) is 12.1. The summed E-state index contributed by atoms with van der Waals surface area (Å²) in [4.78, 5) is 0. The van der Waals surface area contributed by atoms with Crippen LogP contribution in [0, 0.1) is 11.7 Å². The predicted molar refractivity (Wildman–Crippen MR) is 85.3 cm³/mol. The Balaban J connectivity index is 0.00000176. The molecule has 0 aliphatic carbocycles. The van der Waals surface area contributed by atoms with Crippen molar-refractivity contribution in [1.82, 2.24) is 20.8 Å². The zero-order chi connectivity index (χ0) is 14.7. The second-order valence-corrected chi connectivity index (χ2v) is 5.37. The molecule has 5 nitrogen and oxygen atoms in total. The van der Waals surface area contributed by atoms with Gasteiger partial charge in [-0.25, -0.2) is 4.39 Å². The van der Waals surface area contributed by atoms with Crippen molar-refractivity contribution in [3.8, 4) is 11.3 Å². The van der Waals surface area contributed by atoms with Crippen molar-refractivity contribution in [3.05, 3.63) is 41.8 Å². The van der Waals surface area contributed by atoms with E-state index < -0.39 is 0 Å². The summed E-state index contributed by atoms with van der Waals surface area (Å²) in [7, 11) is 0. The van der Waals surface area contributed by atoms with Crippen LogP contribution in [0.15, 0.2) is 30.5 Å². The third kappa shape index (κ3) is 3.64. The van der Waals surface area contributed by atoms with Gasteiger partial charge in [0.2, 0.25) is 0 Å². The van der Waals surface area contributed by atoms with Crippen molar-refractivity contribution in [2.45, 2.75) is 12.6 Å². The maximum atomic E-state index is 13.8. The molecule has 1 fully saturated rings. The van der Waals surface area contributed by atoms with E-state index in [0.717, 1.165) is 18.7 Å². The van der Waals surface area contributed by atoms with Crippen molar-refractivity contribution < 1.29 is 9.50 Å². The maximum absolute atomic E-state index is 13.8. The molecule has 120 valence electrons. The lowest BCUT2D eigenvalue weighted by molar-refractivity contribution is 0.146. The first-order valence-electron chi connectivity index (χ1n) is 7.12. The fourth-order valence-electron chi connectivity index (χ4n) is 2.66. The third-order valence-electron chi connectivity index (χ3n) is 3.89. The number of H-pyrrole nitrogens is 1. The maximum Gasteiger partial charge on any atom is 0.132 e. The molecule has 1 saturated heterocycles. The number of aromatic nitrogens is 2. The summed E-state index contributed by atoms with van der Waals surface area (Å²) in [5, 5.41) is 23.1. The highest BCUT2D eigenvalue weighted by Crippen LogP contribution is 2.23. The van der Waals surface area contributed by atoms with Gasteiger partial charge < -0.3 is 15.7 Å². The van der Waals surface area contributed by atoms with Crippen molar-refractivity contribution in [2.24, 2.45) is 5.92 Å². The Morgan fingerprint density at radius 2 is 2.14 bits per heavy atom. The number of halogens is 2. The van der Waals surface area contributed by atoms with Crippen molar-refractivity contribution in [1.29, 1.82) is 0 Å². The van der Waals surface area contributed by atoms with E-state index in [4.69, 9.17) is 0 Å². The smallest absolute Gasteiger partial charge is 0.132 e. The average Bonchev–Trinajstić information content (AvgIpc) is 3.09. The van der Waals surface area contributed by atoms with Crippen LogP contribution in [0.4, 0.5) is 4.39 Å². The number of hydrogen-bond acceptors (Lipinski definition) is 4. The molecule has 1 aromatic carbocycles. The number of rotatable bonds is 5. The molecular weight excluding hydrogens is 307 g/mol. The molecule has 4 N–H and O–H groups in total. The van der Waals surface area contributed by atoms with E-state index >= 15 is 0 Å². The highest BCUT2D eigenvalue weighted by molar-refractivity contribution is 5.85. The first kappa shape index (κ1) is 16.9. The molecule has 1 aromatic heterocycles. The number of nitrogens with one attached hydrogen (secondary N) is 3. The molecule has 3 rings (SSSR count). The van der Waals surface area contributed by atoms with E-state index in [1.807, 2.05) is 0 Å². The Labute approximate surface area is 134 Å². The van der Waals surface area contributed by atoms with Gasteiger partial charge in [-0.3, -0.25) is 5.10 Å². The molecule has 0 amide bonds. The molecule has 2 atom stereocenters. The van der Waals surface area contributed by atoms with Crippen LogP contribution in [0.3, 0.4) is 0 Å². The monoisotopic (exact) mass is 326 g/mol. The number of benzene rings is 1. The van der Waals surface area contributed by atoms with Crippen molar-refractivity contribution >= 4 is 12.4 Å². The van der Waals surface area contributed by atoms with Gasteiger partial charge in [0.15, 0.2) is 0 Å². The third-order valence-corrected chi connectivity index (χ3v) is 3.89. The summed E-state index contributed by atoms with van der Waals surface area (Å²) >= 11 is 0. The molecule has 7 heteroatoms. The van der Waals surface area contributed by atoms with Crippen LogP contribution in [0.25, 0.3) is 11.3 Å². The van der Waals surface area contributed by atoms with Crippen molar-refractivity contribution in [3.63, 3.8) is 0 Å². The minimum Gasteiger partial charge on any atom is -0.391 e. The van der Waals surface area contributed by atoms with E-state index in [-0.39, 0.29) is 30.2 Å².